The van der Waals surface area contributed by atoms with E-state index in [9.17, 15) is 18.4 Å². The van der Waals surface area contributed by atoms with Gasteiger partial charge in [0, 0.05) is 49.7 Å². The summed E-state index contributed by atoms with van der Waals surface area (Å²) in [6.07, 6.45) is 2.29. The van der Waals surface area contributed by atoms with Crippen LogP contribution in [0.5, 0.6) is 0 Å². The lowest BCUT2D eigenvalue weighted by Gasteiger charge is -2.35. The number of pyridine rings is 1. The Labute approximate surface area is 177 Å². The molecule has 1 amide bonds. The van der Waals surface area contributed by atoms with Crippen LogP contribution >= 0.6 is 0 Å². The molecule has 1 N–H and O–H groups in total. The van der Waals surface area contributed by atoms with Gasteiger partial charge in [0.05, 0.1) is 0 Å². The molecule has 0 aliphatic carbocycles. The fourth-order valence-corrected chi connectivity index (χ4v) is 3.54. The highest BCUT2D eigenvalue weighted by molar-refractivity contribution is 5.95. The third kappa shape index (κ3) is 4.30. The molecule has 3 heterocycles. The predicted octanol–water partition coefficient (Wildman–Crippen LogP) is 2.63. The van der Waals surface area contributed by atoms with Gasteiger partial charge in [0.2, 0.25) is 0 Å². The van der Waals surface area contributed by atoms with Crippen LogP contribution in [0.4, 0.5) is 14.6 Å². The molecule has 1 fully saturated rings. The summed E-state index contributed by atoms with van der Waals surface area (Å²) in [5.74, 6) is -1.19. The van der Waals surface area contributed by atoms with Gasteiger partial charge < -0.3 is 14.8 Å². The van der Waals surface area contributed by atoms with Gasteiger partial charge in [-0.2, -0.15) is 0 Å². The van der Waals surface area contributed by atoms with Crippen LogP contribution in [0.15, 0.2) is 47.4 Å². The van der Waals surface area contributed by atoms with Crippen LogP contribution in [0.25, 0.3) is 11.4 Å². The normalized spacial score (nSPS) is 14.0. The van der Waals surface area contributed by atoms with E-state index in [1.807, 2.05) is 24.0 Å². The van der Waals surface area contributed by atoms with Crippen molar-refractivity contribution in [2.45, 2.75) is 13.3 Å². The van der Waals surface area contributed by atoms with Crippen molar-refractivity contribution in [2.24, 2.45) is 0 Å². The molecule has 3 aromatic rings. The van der Waals surface area contributed by atoms with Gasteiger partial charge in [-0.1, -0.05) is 13.0 Å². The Balaban J connectivity index is 1.44. The second kappa shape index (κ2) is 8.63. The maximum atomic E-state index is 13.9. The minimum atomic E-state index is -0.858. The second-order valence-corrected chi connectivity index (χ2v) is 7.22. The summed E-state index contributed by atoms with van der Waals surface area (Å²) in [5.41, 5.74) is 0.669. The quantitative estimate of drug-likeness (QED) is 0.695. The second-order valence-electron chi connectivity index (χ2n) is 7.22. The van der Waals surface area contributed by atoms with Gasteiger partial charge >= 0.3 is 0 Å². The smallest absolute Gasteiger partial charge is 0.259 e. The predicted molar refractivity (Wildman–Crippen MR) is 112 cm³/mol. The highest BCUT2D eigenvalue weighted by Gasteiger charge is 2.27. The van der Waals surface area contributed by atoms with E-state index in [1.54, 1.807) is 6.20 Å². The standard InChI is InChI=1S/C22H21F2N5O2/c1-2-15-12-19(30)27-21(26-15)14-6-7-18(25-13-14)28-8-10-29(11-9-28)22(31)20-16(23)4-3-5-17(20)24/h3-7,12-13H,2,8-11H2,1H3,(H,26,27,30). The molecule has 0 spiro atoms. The van der Waals surface area contributed by atoms with Gasteiger partial charge in [-0.05, 0) is 30.7 Å². The third-order valence-corrected chi connectivity index (χ3v) is 5.25. The molecule has 1 aliphatic rings. The highest BCUT2D eigenvalue weighted by atomic mass is 19.1. The molecule has 1 aromatic carbocycles. The van der Waals surface area contributed by atoms with Crippen molar-refractivity contribution in [3.63, 3.8) is 0 Å². The van der Waals surface area contributed by atoms with E-state index >= 15 is 0 Å². The summed E-state index contributed by atoms with van der Waals surface area (Å²) >= 11 is 0. The third-order valence-electron chi connectivity index (χ3n) is 5.25. The van der Waals surface area contributed by atoms with Crippen LogP contribution in [0.3, 0.4) is 0 Å². The number of aromatic nitrogens is 3. The van der Waals surface area contributed by atoms with Gasteiger partial charge in [-0.15, -0.1) is 0 Å². The van der Waals surface area contributed by atoms with E-state index < -0.39 is 23.1 Å². The topological polar surface area (TPSA) is 82.2 Å². The molecule has 160 valence electrons. The van der Waals surface area contributed by atoms with Crippen molar-refractivity contribution in [1.29, 1.82) is 0 Å². The Morgan fingerprint density at radius 1 is 1.10 bits per heavy atom. The summed E-state index contributed by atoms with van der Waals surface area (Å²) in [6, 6.07) is 8.51. The first-order valence-corrected chi connectivity index (χ1v) is 10.0. The van der Waals surface area contributed by atoms with Gasteiger partial charge in [0.25, 0.3) is 11.5 Å². The summed E-state index contributed by atoms with van der Waals surface area (Å²) in [7, 11) is 0. The van der Waals surface area contributed by atoms with E-state index in [2.05, 4.69) is 15.0 Å². The number of aryl methyl sites for hydroxylation is 1. The maximum absolute atomic E-state index is 13.9. The lowest BCUT2D eigenvalue weighted by molar-refractivity contribution is 0.0736. The number of hydrogen-bond acceptors (Lipinski definition) is 5. The van der Waals surface area contributed by atoms with Crippen LogP contribution < -0.4 is 10.5 Å². The summed E-state index contributed by atoms with van der Waals surface area (Å²) in [6.45, 7) is 3.54. The van der Waals surface area contributed by atoms with E-state index in [-0.39, 0.29) is 5.56 Å². The van der Waals surface area contributed by atoms with Gasteiger partial charge in [0.1, 0.15) is 28.8 Å². The van der Waals surface area contributed by atoms with E-state index in [0.29, 0.717) is 55.5 Å². The average Bonchev–Trinajstić information content (AvgIpc) is 2.78. The van der Waals surface area contributed by atoms with Crippen LogP contribution in [-0.4, -0.2) is 51.9 Å². The van der Waals surface area contributed by atoms with Crippen molar-refractivity contribution < 1.29 is 13.6 Å². The van der Waals surface area contributed by atoms with E-state index in [0.717, 1.165) is 12.1 Å². The molecule has 7 nitrogen and oxygen atoms in total. The lowest BCUT2D eigenvalue weighted by Crippen LogP contribution is -2.49. The molecular formula is C22H21F2N5O2. The Morgan fingerprint density at radius 2 is 1.81 bits per heavy atom. The Hall–Kier alpha value is -3.62. The number of rotatable bonds is 4. The first-order valence-electron chi connectivity index (χ1n) is 10.0. The number of H-pyrrole nitrogens is 1. The van der Waals surface area contributed by atoms with Crippen LogP contribution in [0.2, 0.25) is 0 Å². The molecule has 0 radical (unpaired) electrons. The molecule has 1 saturated heterocycles. The zero-order chi connectivity index (χ0) is 22.0. The molecule has 0 bridgehead atoms. The first kappa shape index (κ1) is 20.6. The largest absolute Gasteiger partial charge is 0.353 e. The highest BCUT2D eigenvalue weighted by Crippen LogP contribution is 2.20. The van der Waals surface area contributed by atoms with Crippen molar-refractivity contribution >= 4 is 11.7 Å². The number of carbonyl (C=O) groups is 1. The molecule has 1 aliphatic heterocycles. The lowest BCUT2D eigenvalue weighted by atomic mass is 10.1. The van der Waals surface area contributed by atoms with E-state index in [1.165, 1.54) is 17.0 Å². The number of piperazine rings is 1. The van der Waals surface area contributed by atoms with Gasteiger partial charge in [-0.3, -0.25) is 9.59 Å². The first-order chi connectivity index (χ1) is 15.0. The molecular weight excluding hydrogens is 404 g/mol. The fraction of sp³-hybridized carbons (Fsp3) is 0.273. The number of nitrogens with one attached hydrogen (secondary N) is 1. The summed E-state index contributed by atoms with van der Waals surface area (Å²) < 4.78 is 27.8. The Bertz CT molecular complexity index is 1140. The molecule has 9 heteroatoms. The van der Waals surface area contributed by atoms with Gasteiger partial charge in [-0.25, -0.2) is 18.7 Å². The number of anilines is 1. The number of benzene rings is 1. The number of aromatic amines is 1. The molecule has 0 saturated carbocycles. The number of carbonyl (C=O) groups excluding carboxylic acids is 1. The Morgan fingerprint density at radius 3 is 2.42 bits per heavy atom. The van der Waals surface area contributed by atoms with Crippen LogP contribution in [0, 0.1) is 11.6 Å². The van der Waals surface area contributed by atoms with Crippen molar-refractivity contribution in [1.82, 2.24) is 19.9 Å². The zero-order valence-electron chi connectivity index (χ0n) is 16.9. The van der Waals surface area contributed by atoms with Crippen molar-refractivity contribution in [3.8, 4) is 11.4 Å². The number of hydrogen-bond donors (Lipinski definition) is 1. The number of halogens is 2. The fourth-order valence-electron chi connectivity index (χ4n) is 3.54. The molecule has 2 aromatic heterocycles. The molecule has 0 atom stereocenters. The minimum absolute atomic E-state index is 0.210. The number of amides is 1. The monoisotopic (exact) mass is 425 g/mol. The summed E-state index contributed by atoms with van der Waals surface area (Å²) in [4.78, 5) is 39.4. The number of nitrogens with zero attached hydrogens (tertiary/aromatic N) is 4. The Kier molecular flexibility index (Phi) is 5.75. The van der Waals surface area contributed by atoms with Crippen LogP contribution in [0.1, 0.15) is 23.0 Å². The van der Waals surface area contributed by atoms with E-state index in [4.69, 9.17) is 0 Å². The van der Waals surface area contributed by atoms with Gasteiger partial charge in [0.15, 0.2) is 0 Å². The van der Waals surface area contributed by atoms with Crippen molar-refractivity contribution in [2.75, 3.05) is 31.1 Å². The molecule has 4 rings (SSSR count). The average molecular weight is 425 g/mol. The summed E-state index contributed by atoms with van der Waals surface area (Å²) in [5, 5.41) is 0. The van der Waals surface area contributed by atoms with Crippen LogP contribution in [-0.2, 0) is 6.42 Å². The molecule has 31 heavy (non-hydrogen) atoms. The zero-order valence-corrected chi connectivity index (χ0v) is 16.9. The molecule has 0 unspecified atom stereocenters. The maximum Gasteiger partial charge on any atom is 0.259 e. The van der Waals surface area contributed by atoms with Crippen molar-refractivity contribution in [3.05, 3.63) is 75.8 Å². The minimum Gasteiger partial charge on any atom is -0.353 e. The SMILES string of the molecule is CCc1cc(=O)[nH]c(-c2ccc(N3CCN(C(=O)c4c(F)cccc4F)CC3)nc2)n1.